The van der Waals surface area contributed by atoms with Crippen LogP contribution in [0.4, 0.5) is 0 Å². The molecule has 0 aliphatic carbocycles. The van der Waals surface area contributed by atoms with E-state index in [-0.39, 0.29) is 21.9 Å². The number of carbonyl (C=O) groups is 1. The maximum absolute atomic E-state index is 11.6. The van der Waals surface area contributed by atoms with E-state index in [0.29, 0.717) is 11.3 Å². The molecular weight excluding hydrogens is 290 g/mol. The van der Waals surface area contributed by atoms with Crippen LogP contribution in [0.1, 0.15) is 41.3 Å². The van der Waals surface area contributed by atoms with Crippen molar-refractivity contribution < 1.29 is 17.9 Å². The van der Waals surface area contributed by atoms with E-state index in [9.17, 15) is 13.2 Å². The van der Waals surface area contributed by atoms with Gasteiger partial charge >= 0.3 is 0 Å². The quantitative estimate of drug-likeness (QED) is 0.864. The van der Waals surface area contributed by atoms with E-state index >= 15 is 0 Å². The van der Waals surface area contributed by atoms with Gasteiger partial charge in [0, 0.05) is 0 Å². The SMILES string of the molecule is COc1c(C(C)C)cc(S(N)(=O)=O)c(C)c1C(=O)Cl. The average molecular weight is 306 g/mol. The second kappa shape index (κ2) is 5.48. The van der Waals surface area contributed by atoms with E-state index in [1.165, 1.54) is 20.1 Å². The number of carbonyl (C=O) groups excluding carboxylic acids is 1. The summed E-state index contributed by atoms with van der Waals surface area (Å²) in [7, 11) is -2.53. The number of rotatable bonds is 4. The minimum absolute atomic E-state index is 0.0411. The number of hydrogen-bond acceptors (Lipinski definition) is 4. The van der Waals surface area contributed by atoms with Crippen LogP contribution in [0.25, 0.3) is 0 Å². The average Bonchev–Trinajstić information content (AvgIpc) is 2.25. The highest BCUT2D eigenvalue weighted by Gasteiger charge is 2.25. The highest BCUT2D eigenvalue weighted by Crippen LogP contribution is 2.36. The fourth-order valence-corrected chi connectivity index (χ4v) is 2.98. The Balaban J connectivity index is 3.89. The summed E-state index contributed by atoms with van der Waals surface area (Å²) in [4.78, 5) is 11.4. The lowest BCUT2D eigenvalue weighted by molar-refractivity contribution is 0.107. The second-order valence-electron chi connectivity index (χ2n) is 4.47. The minimum Gasteiger partial charge on any atom is -0.496 e. The van der Waals surface area contributed by atoms with Crippen LogP contribution < -0.4 is 9.88 Å². The molecule has 1 aromatic rings. The molecule has 106 valence electrons. The molecule has 0 amide bonds. The van der Waals surface area contributed by atoms with E-state index in [1.54, 1.807) is 0 Å². The van der Waals surface area contributed by atoms with E-state index in [0.717, 1.165) is 0 Å². The van der Waals surface area contributed by atoms with Crippen LogP contribution in [0.15, 0.2) is 11.0 Å². The molecule has 1 rings (SSSR count). The van der Waals surface area contributed by atoms with Gasteiger partial charge in [0.15, 0.2) is 0 Å². The topological polar surface area (TPSA) is 86.5 Å². The molecule has 0 aliphatic heterocycles. The first-order valence-electron chi connectivity index (χ1n) is 5.55. The van der Waals surface area contributed by atoms with Crippen LogP contribution in [-0.2, 0) is 10.0 Å². The highest BCUT2D eigenvalue weighted by molar-refractivity contribution is 7.89. The first-order chi connectivity index (χ1) is 8.61. The summed E-state index contributed by atoms with van der Waals surface area (Å²) in [5.74, 6) is 0.241. The Morgan fingerprint density at radius 3 is 2.26 bits per heavy atom. The van der Waals surface area contributed by atoms with Gasteiger partial charge in [0.1, 0.15) is 5.75 Å². The standard InChI is InChI=1S/C12H16ClNO4S/c1-6(2)8-5-9(19(14,16)17)7(3)10(12(13)15)11(8)18-4/h5-6H,1-4H3,(H2,14,16,17). The molecule has 0 bridgehead atoms. The summed E-state index contributed by atoms with van der Waals surface area (Å²) in [5.41, 5.74) is 0.810. The maximum atomic E-state index is 11.6. The molecule has 0 aliphatic rings. The number of ether oxygens (including phenoxy) is 1. The number of benzene rings is 1. The third kappa shape index (κ3) is 3.08. The number of methoxy groups -OCH3 is 1. The van der Waals surface area contributed by atoms with Gasteiger partial charge in [-0.2, -0.15) is 0 Å². The Bertz CT molecular complexity index is 623. The molecule has 0 unspecified atom stereocenters. The van der Waals surface area contributed by atoms with Crippen LogP contribution in [0.5, 0.6) is 5.75 Å². The first kappa shape index (κ1) is 15.9. The fraction of sp³-hybridized carbons (Fsp3) is 0.417. The predicted molar refractivity (Wildman–Crippen MR) is 73.4 cm³/mol. The van der Waals surface area contributed by atoms with Gasteiger partial charge in [-0.25, -0.2) is 13.6 Å². The Morgan fingerprint density at radius 1 is 1.42 bits per heavy atom. The normalized spacial score (nSPS) is 11.7. The molecule has 0 fully saturated rings. The molecule has 0 aromatic heterocycles. The summed E-state index contributed by atoms with van der Waals surface area (Å²) in [6.07, 6.45) is 0. The fourth-order valence-electron chi connectivity index (χ4n) is 1.93. The number of primary sulfonamides is 1. The minimum atomic E-state index is -3.94. The van der Waals surface area contributed by atoms with Crippen molar-refractivity contribution >= 4 is 26.9 Å². The molecule has 0 atom stereocenters. The molecule has 19 heavy (non-hydrogen) atoms. The molecule has 0 radical (unpaired) electrons. The van der Waals surface area contributed by atoms with Gasteiger partial charge in [-0.1, -0.05) is 13.8 Å². The number of sulfonamides is 1. The number of halogens is 1. The lowest BCUT2D eigenvalue weighted by Gasteiger charge is -2.18. The van der Waals surface area contributed by atoms with E-state index in [1.807, 2.05) is 13.8 Å². The van der Waals surface area contributed by atoms with Crippen molar-refractivity contribution in [2.75, 3.05) is 7.11 Å². The molecule has 2 N–H and O–H groups in total. The molecule has 7 heteroatoms. The zero-order valence-electron chi connectivity index (χ0n) is 11.2. The smallest absolute Gasteiger partial charge is 0.256 e. The Kier molecular flexibility index (Phi) is 4.60. The Morgan fingerprint density at radius 2 is 1.95 bits per heavy atom. The van der Waals surface area contributed by atoms with E-state index in [2.05, 4.69) is 0 Å². The lowest BCUT2D eigenvalue weighted by Crippen LogP contribution is -2.17. The monoisotopic (exact) mass is 305 g/mol. The summed E-state index contributed by atoms with van der Waals surface area (Å²) in [6.45, 7) is 5.17. The lowest BCUT2D eigenvalue weighted by atomic mass is 9.96. The zero-order chi connectivity index (χ0) is 15.0. The summed E-state index contributed by atoms with van der Waals surface area (Å²) >= 11 is 5.54. The van der Waals surface area contributed by atoms with Crippen molar-refractivity contribution in [1.82, 2.24) is 0 Å². The predicted octanol–water partition coefficient (Wildman–Crippen LogP) is 2.15. The van der Waals surface area contributed by atoms with Gasteiger partial charge in [0.2, 0.25) is 10.0 Å². The van der Waals surface area contributed by atoms with Crippen molar-refractivity contribution in [2.45, 2.75) is 31.6 Å². The zero-order valence-corrected chi connectivity index (χ0v) is 12.7. The largest absolute Gasteiger partial charge is 0.496 e. The van der Waals surface area contributed by atoms with Crippen molar-refractivity contribution in [3.63, 3.8) is 0 Å². The van der Waals surface area contributed by atoms with Crippen molar-refractivity contribution in [2.24, 2.45) is 5.14 Å². The summed E-state index contributed by atoms with van der Waals surface area (Å²) < 4.78 is 28.4. The van der Waals surface area contributed by atoms with Crippen molar-refractivity contribution in [3.8, 4) is 5.75 Å². The van der Waals surface area contributed by atoms with E-state index in [4.69, 9.17) is 21.5 Å². The van der Waals surface area contributed by atoms with Crippen LogP contribution in [-0.4, -0.2) is 20.8 Å². The van der Waals surface area contributed by atoms with Gasteiger partial charge < -0.3 is 4.74 Å². The van der Waals surface area contributed by atoms with E-state index < -0.39 is 15.3 Å². The molecule has 0 heterocycles. The Hall–Kier alpha value is -1.11. The summed E-state index contributed by atoms with van der Waals surface area (Å²) in [6, 6.07) is 1.43. The highest BCUT2D eigenvalue weighted by atomic mass is 35.5. The Labute approximate surface area is 117 Å². The first-order valence-corrected chi connectivity index (χ1v) is 7.47. The molecule has 1 aromatic carbocycles. The van der Waals surface area contributed by atoms with Gasteiger partial charge in [-0.3, -0.25) is 4.79 Å². The molecule has 0 saturated heterocycles. The third-order valence-electron chi connectivity index (χ3n) is 2.85. The van der Waals surface area contributed by atoms with Crippen LogP contribution in [0, 0.1) is 6.92 Å². The van der Waals surface area contributed by atoms with Gasteiger partial charge in [0.25, 0.3) is 5.24 Å². The van der Waals surface area contributed by atoms with Crippen molar-refractivity contribution in [3.05, 3.63) is 22.8 Å². The molecule has 5 nitrogen and oxygen atoms in total. The number of nitrogens with two attached hydrogens (primary N) is 1. The third-order valence-corrected chi connectivity index (χ3v) is 4.08. The van der Waals surface area contributed by atoms with Gasteiger partial charge in [-0.15, -0.1) is 0 Å². The van der Waals surface area contributed by atoms with Crippen LogP contribution in [0.3, 0.4) is 0 Å². The van der Waals surface area contributed by atoms with Crippen molar-refractivity contribution in [1.29, 1.82) is 0 Å². The van der Waals surface area contributed by atoms with Gasteiger partial charge in [-0.05, 0) is 41.6 Å². The van der Waals surface area contributed by atoms with Crippen LogP contribution >= 0.6 is 11.6 Å². The summed E-state index contributed by atoms with van der Waals surface area (Å²) in [5, 5.41) is 4.39. The molecule has 0 saturated carbocycles. The molecular formula is C12H16ClNO4S. The molecule has 0 spiro atoms. The number of hydrogen-bond donors (Lipinski definition) is 1. The van der Waals surface area contributed by atoms with Gasteiger partial charge in [0.05, 0.1) is 17.6 Å². The maximum Gasteiger partial charge on any atom is 0.256 e. The van der Waals surface area contributed by atoms with Crippen LogP contribution in [0.2, 0.25) is 0 Å². The second-order valence-corrected chi connectivity index (χ2v) is 6.34.